The molecule has 2 amide bonds. The van der Waals surface area contributed by atoms with Crippen LogP contribution in [0.4, 0.5) is 4.39 Å². The van der Waals surface area contributed by atoms with E-state index in [1.54, 1.807) is 22.7 Å². The number of rotatable bonds is 3. The average Bonchev–Trinajstić information content (AvgIpc) is 3.23. The van der Waals surface area contributed by atoms with Crippen molar-refractivity contribution < 1.29 is 14.0 Å². The van der Waals surface area contributed by atoms with E-state index in [0.29, 0.717) is 18.0 Å². The van der Waals surface area contributed by atoms with Gasteiger partial charge >= 0.3 is 0 Å². The summed E-state index contributed by atoms with van der Waals surface area (Å²) in [6.45, 7) is 1.13. The zero-order valence-corrected chi connectivity index (χ0v) is 16.5. The molecule has 4 nitrogen and oxygen atoms in total. The molecule has 0 spiro atoms. The van der Waals surface area contributed by atoms with Crippen LogP contribution in [0.2, 0.25) is 0 Å². The average molecular weight is 405 g/mol. The third-order valence-corrected chi connectivity index (χ3v) is 7.12. The quantitative estimate of drug-likeness (QED) is 0.838. The molecule has 2 unspecified atom stereocenters. The summed E-state index contributed by atoms with van der Waals surface area (Å²) in [6, 6.07) is 8.31. The summed E-state index contributed by atoms with van der Waals surface area (Å²) in [5, 5.41) is 5.00. The van der Waals surface area contributed by atoms with Crippen molar-refractivity contribution in [3.8, 4) is 0 Å². The van der Waals surface area contributed by atoms with Gasteiger partial charge in [-0.05, 0) is 54.5 Å². The summed E-state index contributed by atoms with van der Waals surface area (Å²) < 4.78 is 13.7. The number of nitrogens with zero attached hydrogens (tertiary/aromatic N) is 1. The smallest absolute Gasteiger partial charge is 0.263 e. The Morgan fingerprint density at radius 2 is 2.11 bits per heavy atom. The van der Waals surface area contributed by atoms with E-state index in [2.05, 4.69) is 5.32 Å². The molecule has 1 aromatic carbocycles. The maximum absolute atomic E-state index is 13.7. The Morgan fingerprint density at radius 3 is 2.93 bits per heavy atom. The number of nitrogens with one attached hydrogen (secondary N) is 1. The number of thioether (sulfide) groups is 1. The van der Waals surface area contributed by atoms with Crippen molar-refractivity contribution in [1.29, 1.82) is 0 Å². The number of piperidine rings is 1. The highest BCUT2D eigenvalue weighted by atomic mass is 32.2. The monoisotopic (exact) mass is 404 g/mol. The van der Waals surface area contributed by atoms with Crippen molar-refractivity contribution in [3.05, 3.63) is 52.0 Å². The van der Waals surface area contributed by atoms with Crippen molar-refractivity contribution in [3.63, 3.8) is 0 Å². The molecule has 0 radical (unpaired) electrons. The lowest BCUT2D eigenvalue weighted by Gasteiger charge is -2.33. The van der Waals surface area contributed by atoms with Crippen LogP contribution >= 0.6 is 23.1 Å². The van der Waals surface area contributed by atoms with E-state index in [0.717, 1.165) is 35.5 Å². The standard InChI is InChI=1S/C20H21FN2O2S2/c21-14-5-6-17-15(11-14)16(7-10-27-17)22-19(24)13-3-1-8-23(12-13)20(25)18-4-2-9-26-18/h2,4-6,9,11,13,16H,1,3,7-8,10,12H2,(H,22,24). The summed E-state index contributed by atoms with van der Waals surface area (Å²) in [7, 11) is 0. The van der Waals surface area contributed by atoms with Crippen molar-refractivity contribution in [2.45, 2.75) is 30.2 Å². The summed E-state index contributed by atoms with van der Waals surface area (Å²) >= 11 is 3.12. The first-order chi connectivity index (χ1) is 13.1. The molecule has 2 aromatic rings. The van der Waals surface area contributed by atoms with Crippen LogP contribution in [0.15, 0.2) is 40.6 Å². The Hall–Kier alpha value is -1.86. The lowest BCUT2D eigenvalue weighted by molar-refractivity contribution is -0.127. The van der Waals surface area contributed by atoms with Gasteiger partial charge in [-0.2, -0.15) is 0 Å². The normalized spacial score (nSPS) is 22.2. The topological polar surface area (TPSA) is 49.4 Å². The lowest BCUT2D eigenvalue weighted by atomic mass is 9.95. The zero-order chi connectivity index (χ0) is 18.8. The van der Waals surface area contributed by atoms with E-state index in [9.17, 15) is 14.0 Å². The first kappa shape index (κ1) is 18.5. The van der Waals surface area contributed by atoms with Gasteiger partial charge in [0.1, 0.15) is 5.82 Å². The number of carbonyl (C=O) groups excluding carboxylic acids is 2. The zero-order valence-electron chi connectivity index (χ0n) is 14.8. The van der Waals surface area contributed by atoms with Crippen LogP contribution in [-0.4, -0.2) is 35.6 Å². The maximum atomic E-state index is 13.7. The van der Waals surface area contributed by atoms with Gasteiger partial charge in [0.15, 0.2) is 0 Å². The van der Waals surface area contributed by atoms with Gasteiger partial charge in [0.2, 0.25) is 5.91 Å². The molecule has 2 atom stereocenters. The van der Waals surface area contributed by atoms with Crippen LogP contribution < -0.4 is 5.32 Å². The Balaban J connectivity index is 1.43. The summed E-state index contributed by atoms with van der Waals surface area (Å²) in [6.07, 6.45) is 2.38. The fourth-order valence-corrected chi connectivity index (χ4v) is 5.53. The predicted octanol–water partition coefficient (Wildman–Crippen LogP) is 4.09. The molecule has 142 valence electrons. The van der Waals surface area contributed by atoms with E-state index in [-0.39, 0.29) is 29.6 Å². The molecule has 0 aliphatic carbocycles. The second-order valence-electron chi connectivity index (χ2n) is 6.95. The van der Waals surface area contributed by atoms with Gasteiger partial charge in [-0.25, -0.2) is 4.39 Å². The van der Waals surface area contributed by atoms with Crippen LogP contribution in [0.25, 0.3) is 0 Å². The van der Waals surface area contributed by atoms with E-state index >= 15 is 0 Å². The molecule has 7 heteroatoms. The third-order valence-electron chi connectivity index (χ3n) is 5.14. The Bertz CT molecular complexity index is 841. The maximum Gasteiger partial charge on any atom is 0.263 e. The van der Waals surface area contributed by atoms with E-state index in [4.69, 9.17) is 0 Å². The summed E-state index contributed by atoms with van der Waals surface area (Å²) in [5.74, 6) is 0.377. The second-order valence-corrected chi connectivity index (χ2v) is 9.03. The van der Waals surface area contributed by atoms with Gasteiger partial charge in [-0.15, -0.1) is 23.1 Å². The first-order valence-electron chi connectivity index (χ1n) is 9.17. The number of hydrogen-bond acceptors (Lipinski definition) is 4. The van der Waals surface area contributed by atoms with Crippen molar-refractivity contribution in [2.24, 2.45) is 5.92 Å². The van der Waals surface area contributed by atoms with Gasteiger partial charge in [-0.3, -0.25) is 9.59 Å². The number of carbonyl (C=O) groups is 2. The van der Waals surface area contributed by atoms with E-state index in [1.165, 1.54) is 23.5 Å². The molecule has 1 aromatic heterocycles. The van der Waals surface area contributed by atoms with E-state index in [1.807, 2.05) is 17.5 Å². The Labute approximate surface area is 166 Å². The van der Waals surface area contributed by atoms with Crippen LogP contribution in [0, 0.1) is 11.7 Å². The lowest BCUT2D eigenvalue weighted by Crippen LogP contribution is -2.46. The number of fused-ring (bicyclic) bond motifs is 1. The van der Waals surface area contributed by atoms with Gasteiger partial charge in [0, 0.05) is 23.7 Å². The predicted molar refractivity (Wildman–Crippen MR) is 106 cm³/mol. The number of likely N-dealkylation sites (tertiary alicyclic amines) is 1. The molecule has 0 bridgehead atoms. The molecule has 4 rings (SSSR count). The molecule has 1 N–H and O–H groups in total. The van der Waals surface area contributed by atoms with Gasteiger partial charge in [0.25, 0.3) is 5.91 Å². The number of hydrogen-bond donors (Lipinski definition) is 1. The van der Waals surface area contributed by atoms with Crippen molar-refractivity contribution >= 4 is 34.9 Å². The summed E-state index contributed by atoms with van der Waals surface area (Å²) in [5.41, 5.74) is 0.863. The van der Waals surface area contributed by atoms with Gasteiger partial charge in [-0.1, -0.05) is 6.07 Å². The van der Waals surface area contributed by atoms with Crippen LogP contribution in [0.5, 0.6) is 0 Å². The molecular weight excluding hydrogens is 383 g/mol. The van der Waals surface area contributed by atoms with Crippen molar-refractivity contribution in [2.75, 3.05) is 18.8 Å². The highest BCUT2D eigenvalue weighted by Crippen LogP contribution is 2.36. The van der Waals surface area contributed by atoms with Gasteiger partial charge in [0.05, 0.1) is 16.8 Å². The minimum Gasteiger partial charge on any atom is -0.349 e. The number of benzene rings is 1. The molecule has 1 fully saturated rings. The molecule has 2 aliphatic heterocycles. The minimum atomic E-state index is -0.277. The van der Waals surface area contributed by atoms with Gasteiger partial charge < -0.3 is 10.2 Å². The van der Waals surface area contributed by atoms with Crippen molar-refractivity contribution in [1.82, 2.24) is 10.2 Å². The molecule has 2 aliphatic rings. The fraction of sp³-hybridized carbons (Fsp3) is 0.400. The largest absolute Gasteiger partial charge is 0.349 e. The molecule has 1 saturated heterocycles. The molecular formula is C20H21FN2O2S2. The summed E-state index contributed by atoms with van der Waals surface area (Å²) in [4.78, 5) is 29.0. The van der Waals surface area contributed by atoms with E-state index < -0.39 is 0 Å². The second kappa shape index (κ2) is 8.02. The number of halogens is 1. The first-order valence-corrected chi connectivity index (χ1v) is 11.0. The number of thiophene rings is 1. The van der Waals surface area contributed by atoms with Crippen LogP contribution in [0.3, 0.4) is 0 Å². The van der Waals surface area contributed by atoms with Crippen LogP contribution in [0.1, 0.15) is 40.5 Å². The highest BCUT2D eigenvalue weighted by molar-refractivity contribution is 7.99. The fourth-order valence-electron chi connectivity index (χ4n) is 3.74. The highest BCUT2D eigenvalue weighted by Gasteiger charge is 2.31. The third kappa shape index (κ3) is 4.04. The number of amides is 2. The molecule has 27 heavy (non-hydrogen) atoms. The minimum absolute atomic E-state index is 0.00369. The molecule has 3 heterocycles. The Kier molecular flexibility index (Phi) is 5.50. The molecule has 0 saturated carbocycles. The van der Waals surface area contributed by atoms with Crippen LogP contribution in [-0.2, 0) is 4.79 Å². The Morgan fingerprint density at radius 1 is 1.22 bits per heavy atom. The SMILES string of the molecule is O=C(NC1CCSc2ccc(F)cc21)C1CCCN(C(=O)c2cccs2)C1.